The Hall–Kier alpha value is -3.94. The van der Waals surface area contributed by atoms with Crippen LogP contribution in [0.5, 0.6) is 5.75 Å². The Labute approximate surface area is 192 Å². The lowest BCUT2D eigenvalue weighted by atomic mass is 9.95. The van der Waals surface area contributed by atoms with Crippen molar-refractivity contribution in [3.63, 3.8) is 0 Å². The van der Waals surface area contributed by atoms with Gasteiger partial charge in [-0.2, -0.15) is 0 Å². The number of ether oxygens (including phenoxy) is 1. The van der Waals surface area contributed by atoms with E-state index in [4.69, 9.17) is 4.74 Å². The van der Waals surface area contributed by atoms with E-state index in [1.807, 2.05) is 42.0 Å². The third kappa shape index (κ3) is 4.79. The average molecular weight is 447 g/mol. The van der Waals surface area contributed by atoms with Crippen molar-refractivity contribution in [2.24, 2.45) is 0 Å². The van der Waals surface area contributed by atoms with E-state index in [2.05, 4.69) is 9.97 Å². The number of Topliss-reactive ketones (excluding diaryl/α,β-unsaturated/α-hetero) is 1. The van der Waals surface area contributed by atoms with Crippen LogP contribution in [0, 0.1) is 0 Å². The standard InChI is InChI=1S/C25H26N4O4/c1-2-16-33-20-6-4-18(5-7-20)22-21(23(30)19-8-10-26-11-9-19)24(31)25(32)29(22)14-3-13-28-15-12-27-17-28/h4-12,15,17,22,30H,2-3,13-14,16H2,1H3/b23-21+. The predicted molar refractivity (Wildman–Crippen MR) is 122 cm³/mol. The van der Waals surface area contributed by atoms with Crippen molar-refractivity contribution in [1.29, 1.82) is 0 Å². The molecule has 4 rings (SSSR count). The summed E-state index contributed by atoms with van der Waals surface area (Å²) in [5, 5.41) is 11.0. The maximum Gasteiger partial charge on any atom is 0.295 e. The number of likely N-dealkylation sites (tertiary alicyclic amines) is 1. The van der Waals surface area contributed by atoms with Gasteiger partial charge in [0.15, 0.2) is 0 Å². The molecule has 3 heterocycles. The first-order valence-corrected chi connectivity index (χ1v) is 11.0. The molecular formula is C25H26N4O4. The lowest BCUT2D eigenvalue weighted by Crippen LogP contribution is -2.31. The number of carbonyl (C=O) groups excluding carboxylic acids is 2. The number of aliphatic hydroxyl groups is 1. The second-order valence-corrected chi connectivity index (χ2v) is 7.80. The second kappa shape index (κ2) is 10.1. The van der Waals surface area contributed by atoms with Crippen LogP contribution in [-0.4, -0.2) is 49.4 Å². The fourth-order valence-corrected chi connectivity index (χ4v) is 3.93. The highest BCUT2D eigenvalue weighted by Gasteiger charge is 2.45. The van der Waals surface area contributed by atoms with Crippen LogP contribution in [0.2, 0.25) is 0 Å². The third-order valence-corrected chi connectivity index (χ3v) is 5.54. The molecule has 1 aliphatic rings. The number of hydrogen-bond acceptors (Lipinski definition) is 6. The zero-order valence-corrected chi connectivity index (χ0v) is 18.4. The molecule has 1 N–H and O–H groups in total. The number of carbonyl (C=O) groups is 2. The summed E-state index contributed by atoms with van der Waals surface area (Å²) in [5.74, 6) is -0.799. The minimum atomic E-state index is -0.693. The number of nitrogens with zero attached hydrogens (tertiary/aromatic N) is 4. The number of ketones is 1. The Morgan fingerprint density at radius 2 is 1.79 bits per heavy atom. The Morgan fingerprint density at radius 3 is 2.45 bits per heavy atom. The molecule has 1 fully saturated rings. The van der Waals surface area contributed by atoms with Gasteiger partial charge in [-0.25, -0.2) is 4.98 Å². The van der Waals surface area contributed by atoms with Crippen LogP contribution in [0.4, 0.5) is 0 Å². The smallest absolute Gasteiger partial charge is 0.295 e. The molecule has 33 heavy (non-hydrogen) atoms. The Bertz CT molecular complexity index is 1120. The molecule has 0 spiro atoms. The zero-order valence-electron chi connectivity index (χ0n) is 18.4. The van der Waals surface area contributed by atoms with Crippen molar-refractivity contribution in [3.05, 3.63) is 84.2 Å². The number of benzene rings is 1. The maximum absolute atomic E-state index is 13.0. The highest BCUT2D eigenvalue weighted by molar-refractivity contribution is 6.46. The monoisotopic (exact) mass is 446 g/mol. The highest BCUT2D eigenvalue weighted by Crippen LogP contribution is 2.39. The van der Waals surface area contributed by atoms with E-state index in [0.717, 1.165) is 12.0 Å². The van der Waals surface area contributed by atoms with Crippen LogP contribution in [0.15, 0.2) is 73.1 Å². The van der Waals surface area contributed by atoms with E-state index in [1.165, 1.54) is 17.3 Å². The quantitative estimate of drug-likeness (QED) is 0.307. The molecule has 1 amide bonds. The molecule has 1 unspecified atom stereocenters. The number of aliphatic hydroxyl groups excluding tert-OH is 1. The van der Waals surface area contributed by atoms with Gasteiger partial charge in [-0.3, -0.25) is 14.6 Å². The minimum Gasteiger partial charge on any atom is -0.507 e. The molecule has 8 heteroatoms. The maximum atomic E-state index is 13.0. The van der Waals surface area contributed by atoms with E-state index in [1.54, 1.807) is 24.7 Å². The first kappa shape index (κ1) is 22.3. The van der Waals surface area contributed by atoms with Gasteiger partial charge in [-0.15, -0.1) is 0 Å². The highest BCUT2D eigenvalue weighted by atomic mass is 16.5. The summed E-state index contributed by atoms with van der Waals surface area (Å²) in [7, 11) is 0. The number of hydrogen-bond donors (Lipinski definition) is 1. The van der Waals surface area contributed by atoms with Gasteiger partial charge in [0.1, 0.15) is 11.5 Å². The zero-order chi connectivity index (χ0) is 23.2. The molecule has 0 saturated carbocycles. The second-order valence-electron chi connectivity index (χ2n) is 7.80. The summed E-state index contributed by atoms with van der Waals surface area (Å²) >= 11 is 0. The summed E-state index contributed by atoms with van der Waals surface area (Å²) in [5.41, 5.74) is 1.25. The number of rotatable bonds is 9. The molecule has 3 aromatic rings. The van der Waals surface area contributed by atoms with E-state index >= 15 is 0 Å². The number of aryl methyl sites for hydroxylation is 1. The van der Waals surface area contributed by atoms with Gasteiger partial charge >= 0.3 is 0 Å². The normalized spacial score (nSPS) is 17.5. The molecule has 0 bridgehead atoms. The van der Waals surface area contributed by atoms with Crippen molar-refractivity contribution in [2.45, 2.75) is 32.4 Å². The van der Waals surface area contributed by atoms with Gasteiger partial charge in [0.05, 0.1) is 24.5 Å². The minimum absolute atomic E-state index is 0.0797. The van der Waals surface area contributed by atoms with Gasteiger partial charge in [-0.1, -0.05) is 19.1 Å². The van der Waals surface area contributed by atoms with Crippen LogP contribution in [-0.2, 0) is 16.1 Å². The molecule has 0 radical (unpaired) electrons. The predicted octanol–water partition coefficient (Wildman–Crippen LogP) is 3.58. The lowest BCUT2D eigenvalue weighted by molar-refractivity contribution is -0.139. The first-order valence-electron chi connectivity index (χ1n) is 11.0. The van der Waals surface area contributed by atoms with Gasteiger partial charge in [0, 0.05) is 43.4 Å². The first-order chi connectivity index (χ1) is 16.1. The van der Waals surface area contributed by atoms with Crippen LogP contribution < -0.4 is 4.74 Å². The average Bonchev–Trinajstić information content (AvgIpc) is 3.45. The van der Waals surface area contributed by atoms with E-state index in [-0.39, 0.29) is 11.3 Å². The van der Waals surface area contributed by atoms with Gasteiger partial charge in [-0.05, 0) is 42.7 Å². The van der Waals surface area contributed by atoms with Crippen LogP contribution in [0.25, 0.3) is 5.76 Å². The number of amides is 1. The summed E-state index contributed by atoms with van der Waals surface area (Å²) in [6.07, 6.45) is 9.85. The largest absolute Gasteiger partial charge is 0.507 e. The van der Waals surface area contributed by atoms with E-state index < -0.39 is 17.7 Å². The van der Waals surface area contributed by atoms with Crippen molar-refractivity contribution in [3.8, 4) is 5.75 Å². The van der Waals surface area contributed by atoms with E-state index in [0.29, 0.717) is 37.4 Å². The fourth-order valence-electron chi connectivity index (χ4n) is 3.93. The lowest BCUT2D eigenvalue weighted by Gasteiger charge is -2.25. The Morgan fingerprint density at radius 1 is 1.03 bits per heavy atom. The number of pyridine rings is 1. The molecular weight excluding hydrogens is 420 g/mol. The fraction of sp³-hybridized carbons (Fsp3) is 0.280. The third-order valence-electron chi connectivity index (χ3n) is 5.54. The summed E-state index contributed by atoms with van der Waals surface area (Å²) < 4.78 is 7.59. The summed E-state index contributed by atoms with van der Waals surface area (Å²) in [4.78, 5) is 35.6. The molecule has 1 atom stereocenters. The van der Waals surface area contributed by atoms with Crippen LogP contribution in [0.3, 0.4) is 0 Å². The SMILES string of the molecule is CCCOc1ccc(C2/C(=C(\O)c3ccncc3)C(=O)C(=O)N2CCCn2ccnc2)cc1. The van der Waals surface area contributed by atoms with Gasteiger partial charge < -0.3 is 19.3 Å². The topological polar surface area (TPSA) is 97.5 Å². The van der Waals surface area contributed by atoms with Gasteiger partial charge in [0.2, 0.25) is 0 Å². The van der Waals surface area contributed by atoms with Crippen molar-refractivity contribution < 1.29 is 19.4 Å². The molecule has 170 valence electrons. The Kier molecular flexibility index (Phi) is 6.83. The van der Waals surface area contributed by atoms with E-state index in [9.17, 15) is 14.7 Å². The van der Waals surface area contributed by atoms with Crippen LogP contribution in [0.1, 0.15) is 36.9 Å². The molecule has 2 aromatic heterocycles. The number of imidazole rings is 1. The molecule has 1 aromatic carbocycles. The molecule has 1 aliphatic heterocycles. The molecule has 1 saturated heterocycles. The molecule has 0 aliphatic carbocycles. The summed E-state index contributed by atoms with van der Waals surface area (Å²) in [6.45, 7) is 3.65. The van der Waals surface area contributed by atoms with Crippen LogP contribution >= 0.6 is 0 Å². The Balaban J connectivity index is 1.68. The van der Waals surface area contributed by atoms with Crippen molar-refractivity contribution in [1.82, 2.24) is 19.4 Å². The van der Waals surface area contributed by atoms with Crippen molar-refractivity contribution >= 4 is 17.4 Å². The van der Waals surface area contributed by atoms with Gasteiger partial charge in [0.25, 0.3) is 11.7 Å². The molecule has 8 nitrogen and oxygen atoms in total. The van der Waals surface area contributed by atoms with Crippen molar-refractivity contribution in [2.75, 3.05) is 13.2 Å². The number of aromatic nitrogens is 3. The summed E-state index contributed by atoms with van der Waals surface area (Å²) in [6, 6.07) is 9.85.